The molecule has 9 nitrogen and oxygen atoms in total. The smallest absolute Gasteiger partial charge is 0.415 e. The van der Waals surface area contributed by atoms with E-state index in [0.29, 0.717) is 43.8 Å². The van der Waals surface area contributed by atoms with Crippen LogP contribution in [0.2, 0.25) is 0 Å². The highest BCUT2D eigenvalue weighted by Crippen LogP contribution is 2.25. The fourth-order valence-corrected chi connectivity index (χ4v) is 3.60. The quantitative estimate of drug-likeness (QED) is 0.302. The van der Waals surface area contributed by atoms with Crippen molar-refractivity contribution in [1.82, 2.24) is 4.90 Å². The number of amidine groups is 1. The summed E-state index contributed by atoms with van der Waals surface area (Å²) < 4.78 is 10.6. The fraction of sp³-hybridized carbons (Fsp3) is 0.524. The number of rotatable bonds is 7. The molecule has 1 aromatic rings. The molecule has 0 aromatic heterocycles. The monoisotopic (exact) mass is 416 g/mol. The third-order valence-corrected chi connectivity index (χ3v) is 5.46. The Kier molecular flexibility index (Phi) is 6.91. The summed E-state index contributed by atoms with van der Waals surface area (Å²) in [5.41, 5.74) is 6.58. The van der Waals surface area contributed by atoms with Crippen LogP contribution >= 0.6 is 0 Å². The zero-order valence-electron chi connectivity index (χ0n) is 17.1. The van der Waals surface area contributed by atoms with Crippen molar-refractivity contribution in [2.45, 2.75) is 38.7 Å². The first kappa shape index (κ1) is 21.6. The number of nitrogen functional groups attached to an aromatic ring is 1. The van der Waals surface area contributed by atoms with Crippen LogP contribution in [0.3, 0.4) is 0 Å². The lowest BCUT2D eigenvalue weighted by molar-refractivity contribution is -0.152. The number of cyclic esters (lactones) is 1. The van der Waals surface area contributed by atoms with Crippen molar-refractivity contribution < 1.29 is 23.9 Å². The molecule has 2 amide bonds. The Hall–Kier alpha value is -3.10. The number of nitrogens with two attached hydrogens (primary N) is 1. The number of nitrogens with one attached hydrogen (secondary N) is 1. The molecule has 2 saturated heterocycles. The highest BCUT2D eigenvalue weighted by Gasteiger charge is 2.40. The number of anilines is 1. The third kappa shape index (κ3) is 4.90. The van der Waals surface area contributed by atoms with Gasteiger partial charge < -0.3 is 20.1 Å². The number of hydrogen-bond donors (Lipinski definition) is 2. The van der Waals surface area contributed by atoms with Crippen LogP contribution in [0.4, 0.5) is 10.5 Å². The normalized spacial score (nSPS) is 19.5. The average molecular weight is 416 g/mol. The number of hydrogen-bond acceptors (Lipinski definition) is 6. The second kappa shape index (κ2) is 9.60. The van der Waals surface area contributed by atoms with E-state index in [4.69, 9.17) is 20.6 Å². The number of unbranched alkanes of at least 4 members (excludes halogenated alkanes) is 1. The molecule has 0 radical (unpaired) electrons. The molecule has 0 saturated carbocycles. The van der Waals surface area contributed by atoms with Gasteiger partial charge in [0, 0.05) is 24.3 Å². The Morgan fingerprint density at radius 3 is 2.50 bits per heavy atom. The number of nitrogens with zero attached hydrogens (tertiary/aromatic N) is 2. The summed E-state index contributed by atoms with van der Waals surface area (Å²) in [7, 11) is 0. The number of esters is 1. The van der Waals surface area contributed by atoms with Crippen LogP contribution in [0, 0.1) is 11.3 Å². The second-order valence-corrected chi connectivity index (χ2v) is 7.56. The first-order chi connectivity index (χ1) is 14.4. The summed E-state index contributed by atoms with van der Waals surface area (Å²) in [5.74, 6) is -0.684. The summed E-state index contributed by atoms with van der Waals surface area (Å²) in [6, 6.07) is 6.62. The lowest BCUT2D eigenvalue weighted by Crippen LogP contribution is -2.46. The summed E-state index contributed by atoms with van der Waals surface area (Å²) in [6.07, 6.45) is 1.46. The molecule has 2 heterocycles. The summed E-state index contributed by atoms with van der Waals surface area (Å²) in [4.78, 5) is 40.2. The lowest BCUT2D eigenvalue weighted by Gasteiger charge is -2.32. The van der Waals surface area contributed by atoms with E-state index in [0.717, 1.165) is 12.8 Å². The number of amides is 2. The van der Waals surface area contributed by atoms with Gasteiger partial charge in [-0.25, -0.2) is 4.79 Å². The van der Waals surface area contributed by atoms with Crippen LogP contribution in [0.5, 0.6) is 0 Å². The Morgan fingerprint density at radius 1 is 1.23 bits per heavy atom. The van der Waals surface area contributed by atoms with E-state index in [2.05, 4.69) is 0 Å². The topological polar surface area (TPSA) is 126 Å². The van der Waals surface area contributed by atoms with Crippen molar-refractivity contribution in [3.63, 3.8) is 0 Å². The van der Waals surface area contributed by atoms with Gasteiger partial charge in [-0.3, -0.25) is 19.9 Å². The zero-order chi connectivity index (χ0) is 21.7. The molecular formula is C21H28N4O5. The Labute approximate surface area is 175 Å². The van der Waals surface area contributed by atoms with Crippen molar-refractivity contribution in [1.29, 1.82) is 5.41 Å². The van der Waals surface area contributed by atoms with Crippen LogP contribution in [-0.4, -0.2) is 61.1 Å². The minimum Gasteiger partial charge on any atom is -0.465 e. The number of piperidine rings is 1. The summed E-state index contributed by atoms with van der Waals surface area (Å²) in [5, 5.41) is 7.43. The van der Waals surface area contributed by atoms with Gasteiger partial charge in [0.25, 0.3) is 5.91 Å². The first-order valence-corrected chi connectivity index (χ1v) is 10.3. The highest BCUT2D eigenvalue weighted by molar-refractivity contribution is 5.98. The minimum atomic E-state index is -0.877. The van der Waals surface area contributed by atoms with Crippen molar-refractivity contribution in [3.05, 3.63) is 29.8 Å². The van der Waals surface area contributed by atoms with Gasteiger partial charge in [-0.2, -0.15) is 0 Å². The van der Waals surface area contributed by atoms with E-state index < -0.39 is 12.2 Å². The molecule has 30 heavy (non-hydrogen) atoms. The molecule has 0 spiro atoms. The van der Waals surface area contributed by atoms with Gasteiger partial charge in [-0.1, -0.05) is 13.3 Å². The van der Waals surface area contributed by atoms with Gasteiger partial charge in [0.15, 0.2) is 6.10 Å². The number of likely N-dealkylation sites (tertiary alicyclic amines) is 1. The molecule has 3 rings (SSSR count). The average Bonchev–Trinajstić information content (AvgIpc) is 3.15. The number of benzene rings is 1. The van der Waals surface area contributed by atoms with Gasteiger partial charge in [0.1, 0.15) is 5.84 Å². The molecule has 9 heteroatoms. The van der Waals surface area contributed by atoms with Gasteiger partial charge in [0.05, 0.1) is 19.1 Å². The van der Waals surface area contributed by atoms with Crippen molar-refractivity contribution in [3.8, 4) is 0 Å². The highest BCUT2D eigenvalue weighted by atomic mass is 16.6. The Bertz CT molecular complexity index is 802. The van der Waals surface area contributed by atoms with Crippen molar-refractivity contribution >= 4 is 29.5 Å². The first-order valence-electron chi connectivity index (χ1n) is 10.3. The summed E-state index contributed by atoms with van der Waals surface area (Å²) >= 11 is 0. The van der Waals surface area contributed by atoms with Crippen LogP contribution < -0.4 is 10.6 Å². The molecule has 2 aliphatic heterocycles. The van der Waals surface area contributed by atoms with E-state index >= 15 is 0 Å². The van der Waals surface area contributed by atoms with Gasteiger partial charge in [-0.05, 0) is 43.5 Å². The zero-order valence-corrected chi connectivity index (χ0v) is 17.1. The SMILES string of the molecule is CCCCOC(=O)C1CCN(C(=O)C2CN(c3ccc(C(=N)N)cc3)C(=O)O2)CC1. The molecule has 162 valence electrons. The molecule has 0 bridgehead atoms. The minimum absolute atomic E-state index is 0.0590. The molecule has 2 aliphatic rings. The molecule has 0 aliphatic carbocycles. The molecule has 2 fully saturated rings. The molecular weight excluding hydrogens is 388 g/mol. The van der Waals surface area contributed by atoms with Crippen LogP contribution in [0.15, 0.2) is 24.3 Å². The van der Waals surface area contributed by atoms with Gasteiger partial charge >= 0.3 is 12.1 Å². The molecule has 1 atom stereocenters. The van der Waals surface area contributed by atoms with E-state index in [1.54, 1.807) is 29.2 Å². The third-order valence-electron chi connectivity index (χ3n) is 5.46. The maximum atomic E-state index is 12.8. The van der Waals surface area contributed by atoms with E-state index in [9.17, 15) is 14.4 Å². The van der Waals surface area contributed by atoms with Crippen LogP contribution in [0.1, 0.15) is 38.2 Å². The largest absolute Gasteiger partial charge is 0.465 e. The van der Waals surface area contributed by atoms with E-state index in [-0.39, 0.29) is 30.2 Å². The predicted molar refractivity (Wildman–Crippen MR) is 110 cm³/mol. The van der Waals surface area contributed by atoms with Crippen molar-refractivity contribution in [2.24, 2.45) is 11.7 Å². The fourth-order valence-electron chi connectivity index (χ4n) is 3.60. The lowest BCUT2D eigenvalue weighted by atomic mass is 9.96. The predicted octanol–water partition coefficient (Wildman–Crippen LogP) is 1.88. The molecule has 1 unspecified atom stereocenters. The number of ether oxygens (including phenoxy) is 2. The van der Waals surface area contributed by atoms with E-state index in [1.165, 1.54) is 4.90 Å². The Balaban J connectivity index is 1.52. The second-order valence-electron chi connectivity index (χ2n) is 7.56. The number of carbonyl (C=O) groups excluding carboxylic acids is 3. The van der Waals surface area contributed by atoms with Crippen LogP contribution in [-0.2, 0) is 19.1 Å². The van der Waals surface area contributed by atoms with Gasteiger partial charge in [-0.15, -0.1) is 0 Å². The standard InChI is InChI=1S/C21H28N4O5/c1-2-3-12-29-20(27)15-8-10-24(11-9-15)19(26)17-13-25(21(28)30-17)16-6-4-14(5-7-16)18(22)23/h4-7,15,17H,2-3,8-13H2,1H3,(H3,22,23). The van der Waals surface area contributed by atoms with Crippen molar-refractivity contribution in [2.75, 3.05) is 31.1 Å². The Morgan fingerprint density at radius 2 is 1.90 bits per heavy atom. The maximum absolute atomic E-state index is 12.8. The van der Waals surface area contributed by atoms with Gasteiger partial charge in [0.2, 0.25) is 0 Å². The number of carbonyl (C=O) groups is 3. The molecule has 1 aromatic carbocycles. The maximum Gasteiger partial charge on any atom is 0.415 e. The summed E-state index contributed by atoms with van der Waals surface area (Å²) in [6.45, 7) is 3.48. The molecule has 3 N–H and O–H groups in total. The van der Waals surface area contributed by atoms with E-state index in [1.807, 2.05) is 6.92 Å². The van der Waals surface area contributed by atoms with Crippen LogP contribution in [0.25, 0.3) is 0 Å².